The summed E-state index contributed by atoms with van der Waals surface area (Å²) in [5, 5.41) is 10.4. The number of hydrogen-bond donors (Lipinski definition) is 1. The zero-order chi connectivity index (χ0) is 22.9. The van der Waals surface area contributed by atoms with Crippen LogP contribution in [0.3, 0.4) is 0 Å². The maximum absolute atomic E-state index is 11.8. The molecule has 1 N–H and O–H groups in total. The first-order valence-electron chi connectivity index (χ1n) is 12.9. The maximum Gasteiger partial charge on any atom is 0.313 e. The fraction of sp³-hybridized carbons (Fsp3) is 0.621. The Hall–Kier alpha value is -1.87. The van der Waals surface area contributed by atoms with E-state index < -0.39 is 0 Å². The topological polar surface area (TPSA) is 46.5 Å². The SMILES string of the molecule is CCCCCC=CCC=CCCCCCCCC(O)CC1OC(=O)C1Cc1ccccc1. The number of allylic oxidation sites excluding steroid dienone is 4. The molecule has 1 aliphatic rings. The molecule has 0 aliphatic carbocycles. The third kappa shape index (κ3) is 11.1. The highest BCUT2D eigenvalue weighted by atomic mass is 16.6. The van der Waals surface area contributed by atoms with Gasteiger partial charge >= 0.3 is 5.97 Å². The van der Waals surface area contributed by atoms with Crippen LogP contribution in [-0.2, 0) is 16.0 Å². The molecule has 0 bridgehead atoms. The van der Waals surface area contributed by atoms with Crippen molar-refractivity contribution in [2.24, 2.45) is 5.92 Å². The van der Waals surface area contributed by atoms with E-state index in [0.717, 1.165) is 24.8 Å². The van der Waals surface area contributed by atoms with Crippen LogP contribution in [0.15, 0.2) is 54.6 Å². The summed E-state index contributed by atoms with van der Waals surface area (Å²) in [6.45, 7) is 2.24. The summed E-state index contributed by atoms with van der Waals surface area (Å²) in [5.41, 5.74) is 1.15. The Morgan fingerprint density at radius 3 is 2.25 bits per heavy atom. The molecule has 0 saturated carbocycles. The zero-order valence-electron chi connectivity index (χ0n) is 20.1. The Labute approximate surface area is 196 Å². The number of aliphatic hydroxyl groups is 1. The summed E-state index contributed by atoms with van der Waals surface area (Å²) >= 11 is 0. The van der Waals surface area contributed by atoms with E-state index in [4.69, 9.17) is 4.74 Å². The maximum atomic E-state index is 11.8. The first-order valence-corrected chi connectivity index (χ1v) is 12.9. The predicted octanol–water partition coefficient (Wildman–Crippen LogP) is 7.34. The molecule has 0 aromatic heterocycles. The molecule has 178 valence electrons. The van der Waals surface area contributed by atoms with Crippen molar-refractivity contribution in [2.75, 3.05) is 0 Å². The van der Waals surface area contributed by atoms with Crippen LogP contribution in [0.25, 0.3) is 0 Å². The van der Waals surface area contributed by atoms with E-state index in [2.05, 4.69) is 31.2 Å². The van der Waals surface area contributed by atoms with Gasteiger partial charge in [0.05, 0.1) is 12.0 Å². The van der Waals surface area contributed by atoms with Crippen molar-refractivity contribution in [2.45, 2.75) is 109 Å². The highest BCUT2D eigenvalue weighted by Crippen LogP contribution is 2.30. The van der Waals surface area contributed by atoms with E-state index in [1.165, 1.54) is 57.8 Å². The minimum Gasteiger partial charge on any atom is -0.461 e. The van der Waals surface area contributed by atoms with E-state index >= 15 is 0 Å². The van der Waals surface area contributed by atoms with Crippen LogP contribution in [0.2, 0.25) is 0 Å². The van der Waals surface area contributed by atoms with Gasteiger partial charge in [0.2, 0.25) is 0 Å². The molecule has 0 radical (unpaired) electrons. The van der Waals surface area contributed by atoms with Crippen molar-refractivity contribution in [3.8, 4) is 0 Å². The number of benzene rings is 1. The van der Waals surface area contributed by atoms with E-state index in [0.29, 0.717) is 12.8 Å². The molecule has 3 unspecified atom stereocenters. The molecule has 1 saturated heterocycles. The van der Waals surface area contributed by atoms with E-state index in [1.54, 1.807) is 0 Å². The number of cyclic esters (lactones) is 1. The Balaban J connectivity index is 1.43. The van der Waals surface area contributed by atoms with Crippen molar-refractivity contribution in [3.05, 3.63) is 60.2 Å². The number of rotatable bonds is 18. The second kappa shape index (κ2) is 16.7. The van der Waals surface area contributed by atoms with Crippen molar-refractivity contribution >= 4 is 5.97 Å². The molecule has 1 aromatic rings. The molecule has 1 heterocycles. The number of carbonyl (C=O) groups excluding carboxylic acids is 1. The normalized spacial score (nSPS) is 19.4. The van der Waals surface area contributed by atoms with Crippen LogP contribution >= 0.6 is 0 Å². The van der Waals surface area contributed by atoms with Crippen molar-refractivity contribution in [1.82, 2.24) is 0 Å². The zero-order valence-corrected chi connectivity index (χ0v) is 20.1. The third-order valence-corrected chi connectivity index (χ3v) is 6.31. The van der Waals surface area contributed by atoms with Gasteiger partial charge in [-0.25, -0.2) is 0 Å². The number of esters is 1. The number of hydrogen-bond acceptors (Lipinski definition) is 3. The van der Waals surface area contributed by atoms with Crippen LogP contribution < -0.4 is 0 Å². The lowest BCUT2D eigenvalue weighted by Gasteiger charge is -2.36. The monoisotopic (exact) mass is 440 g/mol. The lowest BCUT2D eigenvalue weighted by atomic mass is 9.86. The van der Waals surface area contributed by atoms with Gasteiger partial charge in [0.1, 0.15) is 6.10 Å². The standard InChI is InChI=1S/C29H44O3/c1-2-3-4-5-6-7-8-9-10-11-12-13-14-15-19-22-26(30)24-28-27(29(31)32-28)23-25-20-17-16-18-21-25/h6-7,9-10,16-18,20-21,26-28,30H,2-5,8,11-15,19,22-24H2,1H3. The summed E-state index contributed by atoms with van der Waals surface area (Å²) in [5.74, 6) is -0.222. The van der Waals surface area contributed by atoms with E-state index in [-0.39, 0.29) is 24.1 Å². The minimum atomic E-state index is -0.371. The van der Waals surface area contributed by atoms with Crippen LogP contribution in [0.1, 0.15) is 96.0 Å². The largest absolute Gasteiger partial charge is 0.461 e. The second-order valence-corrected chi connectivity index (χ2v) is 9.18. The Morgan fingerprint density at radius 2 is 1.56 bits per heavy atom. The quantitative estimate of drug-likeness (QED) is 0.148. The molecule has 1 fully saturated rings. The fourth-order valence-corrected chi connectivity index (χ4v) is 4.27. The highest BCUT2D eigenvalue weighted by molar-refractivity contribution is 5.78. The average Bonchev–Trinajstić information content (AvgIpc) is 2.80. The van der Waals surface area contributed by atoms with Gasteiger partial charge in [-0.05, 0) is 50.5 Å². The van der Waals surface area contributed by atoms with Crippen LogP contribution in [0, 0.1) is 5.92 Å². The van der Waals surface area contributed by atoms with Gasteiger partial charge in [0, 0.05) is 6.42 Å². The molecule has 3 atom stereocenters. The van der Waals surface area contributed by atoms with Gasteiger partial charge in [-0.1, -0.05) is 100 Å². The summed E-state index contributed by atoms with van der Waals surface area (Å²) < 4.78 is 5.31. The van der Waals surface area contributed by atoms with Crippen molar-refractivity contribution in [1.29, 1.82) is 0 Å². The Bertz CT molecular complexity index is 664. The first-order chi connectivity index (χ1) is 15.7. The van der Waals surface area contributed by atoms with Crippen molar-refractivity contribution in [3.63, 3.8) is 0 Å². The van der Waals surface area contributed by atoms with Gasteiger partial charge in [0.25, 0.3) is 0 Å². The molecular formula is C29H44O3. The van der Waals surface area contributed by atoms with Crippen LogP contribution in [0.4, 0.5) is 0 Å². The lowest BCUT2D eigenvalue weighted by Crippen LogP contribution is -2.47. The van der Waals surface area contributed by atoms with Gasteiger partial charge < -0.3 is 9.84 Å². The molecule has 0 amide bonds. The molecular weight excluding hydrogens is 396 g/mol. The van der Waals surface area contributed by atoms with Crippen LogP contribution in [-0.4, -0.2) is 23.3 Å². The lowest BCUT2D eigenvalue weighted by molar-refractivity contribution is -0.187. The van der Waals surface area contributed by atoms with Crippen molar-refractivity contribution < 1.29 is 14.6 Å². The van der Waals surface area contributed by atoms with E-state index in [9.17, 15) is 9.90 Å². The van der Waals surface area contributed by atoms with Gasteiger partial charge in [0.15, 0.2) is 0 Å². The van der Waals surface area contributed by atoms with Gasteiger partial charge in [-0.15, -0.1) is 0 Å². The number of carbonyl (C=O) groups is 1. The summed E-state index contributed by atoms with van der Waals surface area (Å²) in [6.07, 6.45) is 24.1. The molecule has 0 spiro atoms. The molecule has 1 aromatic carbocycles. The summed E-state index contributed by atoms with van der Waals surface area (Å²) in [6, 6.07) is 10.1. The molecule has 2 rings (SSSR count). The van der Waals surface area contributed by atoms with Gasteiger partial charge in [-0.2, -0.15) is 0 Å². The Kier molecular flexibility index (Phi) is 13.8. The Morgan fingerprint density at radius 1 is 0.906 bits per heavy atom. The predicted molar refractivity (Wildman–Crippen MR) is 133 cm³/mol. The third-order valence-electron chi connectivity index (χ3n) is 6.31. The summed E-state index contributed by atoms with van der Waals surface area (Å²) in [4.78, 5) is 11.8. The number of unbranched alkanes of at least 4 members (excludes halogenated alkanes) is 8. The van der Waals surface area contributed by atoms with Gasteiger partial charge in [-0.3, -0.25) is 4.79 Å². The highest BCUT2D eigenvalue weighted by Gasteiger charge is 2.42. The molecule has 1 aliphatic heterocycles. The second-order valence-electron chi connectivity index (χ2n) is 9.18. The smallest absolute Gasteiger partial charge is 0.313 e. The minimum absolute atomic E-state index is 0.100. The number of ether oxygens (including phenoxy) is 1. The molecule has 3 nitrogen and oxygen atoms in total. The average molecular weight is 441 g/mol. The fourth-order valence-electron chi connectivity index (χ4n) is 4.27. The molecule has 32 heavy (non-hydrogen) atoms. The first kappa shape index (κ1) is 26.4. The number of aliphatic hydroxyl groups excluding tert-OH is 1. The molecule has 3 heteroatoms. The van der Waals surface area contributed by atoms with Crippen LogP contribution in [0.5, 0.6) is 0 Å². The van der Waals surface area contributed by atoms with E-state index in [1.807, 2.05) is 30.3 Å². The summed E-state index contributed by atoms with van der Waals surface area (Å²) in [7, 11) is 0.